The molecule has 80 valence electrons. The van der Waals surface area contributed by atoms with Crippen molar-refractivity contribution in [2.45, 2.75) is 44.9 Å². The number of allylic oxidation sites excluding steroid dienone is 1. The van der Waals surface area contributed by atoms with E-state index in [2.05, 4.69) is 6.58 Å². The first-order valence-corrected chi connectivity index (χ1v) is 5.73. The Morgan fingerprint density at radius 1 is 1.29 bits per heavy atom. The van der Waals surface area contributed by atoms with Crippen molar-refractivity contribution in [2.24, 2.45) is 0 Å². The summed E-state index contributed by atoms with van der Waals surface area (Å²) in [7, 11) is 0. The van der Waals surface area contributed by atoms with Crippen molar-refractivity contribution >= 4 is 5.91 Å². The molecule has 0 unspecified atom stereocenters. The van der Waals surface area contributed by atoms with Gasteiger partial charge in [0.1, 0.15) is 0 Å². The minimum atomic E-state index is 0.355. The third kappa shape index (κ3) is 3.95. The van der Waals surface area contributed by atoms with E-state index < -0.39 is 0 Å². The fraction of sp³-hybridized carbons (Fsp3) is 0.750. The van der Waals surface area contributed by atoms with Crippen LogP contribution in [0, 0.1) is 0 Å². The fourth-order valence-corrected chi connectivity index (χ4v) is 1.88. The summed E-state index contributed by atoms with van der Waals surface area (Å²) < 4.78 is 0. The molecule has 0 saturated carbocycles. The number of hydrogen-bond acceptors (Lipinski definition) is 1. The Kier molecular flexibility index (Phi) is 5.35. The largest absolute Gasteiger partial charge is 0.343 e. The van der Waals surface area contributed by atoms with Gasteiger partial charge in [-0.05, 0) is 25.7 Å². The predicted octanol–water partition coefficient (Wildman–Crippen LogP) is 2.75. The molecule has 0 aromatic carbocycles. The van der Waals surface area contributed by atoms with E-state index in [0.29, 0.717) is 5.91 Å². The Bertz CT molecular complexity index is 189. The summed E-state index contributed by atoms with van der Waals surface area (Å²) in [5.74, 6) is 0.355. The van der Waals surface area contributed by atoms with Crippen molar-refractivity contribution < 1.29 is 4.79 Å². The van der Waals surface area contributed by atoms with Crippen LogP contribution in [0.1, 0.15) is 44.9 Å². The van der Waals surface area contributed by atoms with Gasteiger partial charge in [0.25, 0.3) is 0 Å². The molecule has 0 aromatic rings. The Balaban J connectivity index is 2.29. The van der Waals surface area contributed by atoms with Gasteiger partial charge in [0.15, 0.2) is 0 Å². The number of hydrogen-bond donors (Lipinski definition) is 0. The van der Waals surface area contributed by atoms with Crippen LogP contribution in [-0.2, 0) is 4.79 Å². The van der Waals surface area contributed by atoms with Crippen LogP contribution in [0.25, 0.3) is 0 Å². The molecule has 0 radical (unpaired) electrons. The summed E-state index contributed by atoms with van der Waals surface area (Å²) in [5.41, 5.74) is 0. The number of rotatable bonds is 4. The SMILES string of the molecule is C=CCCCN1CCCCCCC1=O. The molecule has 0 N–H and O–H groups in total. The minimum absolute atomic E-state index is 0.355. The minimum Gasteiger partial charge on any atom is -0.343 e. The van der Waals surface area contributed by atoms with Gasteiger partial charge in [0, 0.05) is 19.5 Å². The topological polar surface area (TPSA) is 20.3 Å². The van der Waals surface area contributed by atoms with E-state index in [1.807, 2.05) is 11.0 Å². The maximum absolute atomic E-state index is 11.7. The molecule has 1 saturated heterocycles. The van der Waals surface area contributed by atoms with Gasteiger partial charge >= 0.3 is 0 Å². The average Bonchev–Trinajstić information content (AvgIpc) is 2.17. The van der Waals surface area contributed by atoms with E-state index in [4.69, 9.17) is 0 Å². The van der Waals surface area contributed by atoms with Crippen LogP contribution >= 0.6 is 0 Å². The summed E-state index contributed by atoms with van der Waals surface area (Å²) in [6, 6.07) is 0. The first-order valence-electron chi connectivity index (χ1n) is 5.73. The second-order valence-corrected chi connectivity index (χ2v) is 3.98. The number of nitrogens with zero attached hydrogens (tertiary/aromatic N) is 1. The number of unbranched alkanes of at least 4 members (excludes halogenated alkanes) is 1. The lowest BCUT2D eigenvalue weighted by atomic mass is 10.1. The highest BCUT2D eigenvalue weighted by Gasteiger charge is 2.14. The quantitative estimate of drug-likeness (QED) is 0.499. The fourth-order valence-electron chi connectivity index (χ4n) is 1.88. The normalized spacial score (nSPS) is 18.9. The lowest BCUT2D eigenvalue weighted by molar-refractivity contribution is -0.131. The second-order valence-electron chi connectivity index (χ2n) is 3.98. The molecule has 0 atom stereocenters. The molecule has 1 amide bonds. The standard InChI is InChI=1S/C12H21NO/c1-2-3-7-10-13-11-8-5-4-6-9-12(13)14/h2H,1,3-11H2. The molecule has 1 rings (SSSR count). The van der Waals surface area contributed by atoms with Crippen molar-refractivity contribution in [1.29, 1.82) is 0 Å². The molecule has 1 fully saturated rings. The van der Waals surface area contributed by atoms with Crippen LogP contribution in [0.2, 0.25) is 0 Å². The molecule has 2 heteroatoms. The summed E-state index contributed by atoms with van der Waals surface area (Å²) in [4.78, 5) is 13.7. The molecule has 1 aliphatic rings. The lowest BCUT2D eigenvalue weighted by Gasteiger charge is -2.24. The maximum atomic E-state index is 11.7. The van der Waals surface area contributed by atoms with Crippen molar-refractivity contribution in [3.8, 4) is 0 Å². The zero-order valence-corrected chi connectivity index (χ0v) is 9.00. The zero-order valence-electron chi connectivity index (χ0n) is 9.00. The summed E-state index contributed by atoms with van der Waals surface area (Å²) in [6.07, 6.45) is 9.54. The lowest BCUT2D eigenvalue weighted by Crippen LogP contribution is -2.33. The van der Waals surface area contributed by atoms with Crippen molar-refractivity contribution in [3.05, 3.63) is 12.7 Å². The highest BCUT2D eigenvalue weighted by atomic mass is 16.2. The Morgan fingerprint density at radius 2 is 2.07 bits per heavy atom. The van der Waals surface area contributed by atoms with Crippen LogP contribution in [0.5, 0.6) is 0 Å². The van der Waals surface area contributed by atoms with Crippen LogP contribution in [-0.4, -0.2) is 23.9 Å². The van der Waals surface area contributed by atoms with Crippen molar-refractivity contribution in [1.82, 2.24) is 4.90 Å². The summed E-state index contributed by atoms with van der Waals surface area (Å²) in [6.45, 7) is 5.58. The Labute approximate surface area is 87.0 Å². The molecule has 14 heavy (non-hydrogen) atoms. The van der Waals surface area contributed by atoms with Gasteiger partial charge in [-0.2, -0.15) is 0 Å². The first-order chi connectivity index (χ1) is 6.84. The maximum Gasteiger partial charge on any atom is 0.222 e. The first kappa shape index (κ1) is 11.3. The van der Waals surface area contributed by atoms with Crippen LogP contribution < -0.4 is 0 Å². The number of carbonyl (C=O) groups excluding carboxylic acids is 1. The monoisotopic (exact) mass is 195 g/mol. The molecule has 0 aromatic heterocycles. The molecular formula is C12H21NO. The molecule has 1 heterocycles. The van der Waals surface area contributed by atoms with E-state index in [9.17, 15) is 4.79 Å². The molecular weight excluding hydrogens is 174 g/mol. The van der Waals surface area contributed by atoms with Gasteiger partial charge in [-0.1, -0.05) is 18.9 Å². The third-order valence-electron chi connectivity index (χ3n) is 2.76. The van der Waals surface area contributed by atoms with Gasteiger partial charge in [-0.15, -0.1) is 6.58 Å². The van der Waals surface area contributed by atoms with Gasteiger partial charge in [0.2, 0.25) is 5.91 Å². The molecule has 2 nitrogen and oxygen atoms in total. The van der Waals surface area contributed by atoms with Crippen LogP contribution in [0.3, 0.4) is 0 Å². The third-order valence-corrected chi connectivity index (χ3v) is 2.76. The van der Waals surface area contributed by atoms with Gasteiger partial charge < -0.3 is 4.90 Å². The molecule has 0 spiro atoms. The smallest absolute Gasteiger partial charge is 0.222 e. The number of likely N-dealkylation sites (tertiary alicyclic amines) is 1. The van der Waals surface area contributed by atoms with Crippen molar-refractivity contribution in [2.75, 3.05) is 13.1 Å². The number of carbonyl (C=O) groups is 1. The molecule has 0 bridgehead atoms. The number of amides is 1. The molecule has 0 aliphatic carbocycles. The van der Waals surface area contributed by atoms with Crippen LogP contribution in [0.4, 0.5) is 0 Å². The van der Waals surface area contributed by atoms with Crippen LogP contribution in [0.15, 0.2) is 12.7 Å². The average molecular weight is 195 g/mol. The summed E-state index contributed by atoms with van der Waals surface area (Å²) >= 11 is 0. The van der Waals surface area contributed by atoms with E-state index in [0.717, 1.165) is 38.8 Å². The Hall–Kier alpha value is -0.790. The molecule has 1 aliphatic heterocycles. The van der Waals surface area contributed by atoms with E-state index >= 15 is 0 Å². The van der Waals surface area contributed by atoms with E-state index in [1.54, 1.807) is 0 Å². The Morgan fingerprint density at radius 3 is 2.86 bits per heavy atom. The summed E-state index contributed by atoms with van der Waals surface area (Å²) in [5, 5.41) is 0. The van der Waals surface area contributed by atoms with E-state index in [-0.39, 0.29) is 0 Å². The predicted molar refractivity (Wildman–Crippen MR) is 59.1 cm³/mol. The highest BCUT2D eigenvalue weighted by Crippen LogP contribution is 2.12. The van der Waals surface area contributed by atoms with Crippen molar-refractivity contribution in [3.63, 3.8) is 0 Å². The van der Waals surface area contributed by atoms with Gasteiger partial charge in [-0.25, -0.2) is 0 Å². The van der Waals surface area contributed by atoms with E-state index in [1.165, 1.54) is 19.3 Å². The van der Waals surface area contributed by atoms with Gasteiger partial charge in [-0.3, -0.25) is 4.79 Å². The second kappa shape index (κ2) is 6.63. The van der Waals surface area contributed by atoms with Gasteiger partial charge in [0.05, 0.1) is 0 Å². The zero-order chi connectivity index (χ0) is 10.2. The highest BCUT2D eigenvalue weighted by molar-refractivity contribution is 5.76.